The van der Waals surface area contributed by atoms with Gasteiger partial charge in [0.05, 0.1) is 11.4 Å². The Hall–Kier alpha value is -3.30. The molecule has 2 fully saturated rings. The highest BCUT2D eigenvalue weighted by atomic mass is 16.1. The van der Waals surface area contributed by atoms with Gasteiger partial charge in [-0.25, -0.2) is 15.0 Å². The van der Waals surface area contributed by atoms with Gasteiger partial charge < -0.3 is 20.0 Å². The number of rotatable bonds is 5. The second-order valence-corrected chi connectivity index (χ2v) is 9.66. The molecule has 9 nitrogen and oxygen atoms in total. The molecule has 4 heterocycles. The van der Waals surface area contributed by atoms with Crippen molar-refractivity contribution in [1.29, 1.82) is 0 Å². The van der Waals surface area contributed by atoms with Crippen molar-refractivity contribution in [2.24, 2.45) is 7.05 Å². The number of hydrogen-bond acceptors (Lipinski definition) is 8. The van der Waals surface area contributed by atoms with Gasteiger partial charge in [0.15, 0.2) is 0 Å². The largest absolute Gasteiger partial charge is 0.371 e. The van der Waals surface area contributed by atoms with Crippen LogP contribution in [0.5, 0.6) is 0 Å². The lowest BCUT2D eigenvalue weighted by molar-refractivity contribution is 0.249. The summed E-state index contributed by atoms with van der Waals surface area (Å²) in [5.41, 5.74) is 3.67. The van der Waals surface area contributed by atoms with Crippen LogP contribution in [0.25, 0.3) is 11.4 Å². The summed E-state index contributed by atoms with van der Waals surface area (Å²) in [5, 5.41) is 3.64. The molecule has 0 aliphatic carbocycles. The summed E-state index contributed by atoms with van der Waals surface area (Å²) in [5.74, 6) is 0.665. The molecule has 2 aliphatic heterocycles. The van der Waals surface area contributed by atoms with Gasteiger partial charge in [-0.2, -0.15) is 0 Å². The predicted octanol–water partition coefficient (Wildman–Crippen LogP) is 1.92. The molecule has 2 aliphatic rings. The van der Waals surface area contributed by atoms with Gasteiger partial charge in [-0.05, 0) is 50.7 Å². The molecule has 0 amide bonds. The first-order valence-corrected chi connectivity index (χ1v) is 12.3. The van der Waals surface area contributed by atoms with Crippen molar-refractivity contribution in [2.45, 2.75) is 24.9 Å². The Morgan fingerprint density at radius 1 is 1.00 bits per heavy atom. The van der Waals surface area contributed by atoms with Crippen LogP contribution in [0.1, 0.15) is 24.4 Å². The molecule has 5 rings (SSSR count). The number of benzene rings is 1. The summed E-state index contributed by atoms with van der Waals surface area (Å²) in [7, 11) is 6.13. The minimum Gasteiger partial charge on any atom is -0.371 e. The quantitative estimate of drug-likeness (QED) is 0.601. The van der Waals surface area contributed by atoms with Crippen molar-refractivity contribution in [1.82, 2.24) is 29.7 Å². The first kappa shape index (κ1) is 23.4. The summed E-state index contributed by atoms with van der Waals surface area (Å²) in [6.07, 6.45) is 5.54. The number of piperidine rings is 1. The zero-order valence-electron chi connectivity index (χ0n) is 20.8. The molecule has 184 valence electrons. The zero-order valence-corrected chi connectivity index (χ0v) is 20.8. The molecule has 3 aromatic rings. The van der Waals surface area contributed by atoms with E-state index in [-0.39, 0.29) is 11.6 Å². The molecule has 1 atom stereocenters. The summed E-state index contributed by atoms with van der Waals surface area (Å²) < 4.78 is 1.62. The van der Waals surface area contributed by atoms with Crippen LogP contribution in [0, 0.1) is 0 Å². The Bertz CT molecular complexity index is 1190. The molecule has 2 aromatic heterocycles. The lowest BCUT2D eigenvalue weighted by Gasteiger charge is -2.37. The summed E-state index contributed by atoms with van der Waals surface area (Å²) in [6.45, 7) is 4.53. The zero-order chi connectivity index (χ0) is 24.4. The minimum absolute atomic E-state index is 0.0962. The van der Waals surface area contributed by atoms with Crippen molar-refractivity contribution >= 4 is 11.6 Å². The molecule has 0 saturated carbocycles. The molecule has 1 aromatic carbocycles. The SMILES string of the molecule is CN(C)C1CCN(c2ccc(C3CN(c4nc(-c5ccncn5)cc(=O)n4C)CCN3)cc2)CC1. The van der Waals surface area contributed by atoms with E-state index < -0.39 is 0 Å². The number of hydrogen-bond donors (Lipinski definition) is 1. The van der Waals surface area contributed by atoms with E-state index in [0.29, 0.717) is 23.4 Å². The van der Waals surface area contributed by atoms with Gasteiger partial charge in [-0.1, -0.05) is 12.1 Å². The fourth-order valence-electron chi connectivity index (χ4n) is 5.10. The fourth-order valence-corrected chi connectivity index (χ4v) is 5.10. The number of anilines is 2. The Morgan fingerprint density at radius 2 is 1.77 bits per heavy atom. The Labute approximate surface area is 206 Å². The number of nitrogens with zero attached hydrogens (tertiary/aromatic N) is 7. The lowest BCUT2D eigenvalue weighted by Crippen LogP contribution is -2.47. The fraction of sp³-hybridized carbons (Fsp3) is 0.462. The van der Waals surface area contributed by atoms with Crippen LogP contribution in [0.15, 0.2) is 53.7 Å². The normalized spacial score (nSPS) is 19.4. The smallest absolute Gasteiger partial charge is 0.255 e. The monoisotopic (exact) mass is 474 g/mol. The van der Waals surface area contributed by atoms with Gasteiger partial charge in [0.25, 0.3) is 5.56 Å². The second kappa shape index (κ2) is 10.1. The van der Waals surface area contributed by atoms with E-state index in [9.17, 15) is 4.79 Å². The van der Waals surface area contributed by atoms with E-state index in [1.807, 2.05) is 0 Å². The van der Waals surface area contributed by atoms with E-state index >= 15 is 0 Å². The lowest BCUT2D eigenvalue weighted by atomic mass is 10.0. The van der Waals surface area contributed by atoms with Gasteiger partial charge in [-0.3, -0.25) is 9.36 Å². The molecular formula is C26H34N8O. The van der Waals surface area contributed by atoms with E-state index in [1.165, 1.54) is 36.5 Å². The molecule has 1 N–H and O–H groups in total. The van der Waals surface area contributed by atoms with Crippen molar-refractivity contribution < 1.29 is 0 Å². The third-order valence-electron chi connectivity index (χ3n) is 7.27. The van der Waals surface area contributed by atoms with Crippen molar-refractivity contribution in [2.75, 3.05) is 56.6 Å². The second-order valence-electron chi connectivity index (χ2n) is 9.66. The highest BCUT2D eigenvalue weighted by Crippen LogP contribution is 2.26. The van der Waals surface area contributed by atoms with Crippen LogP contribution in [0.2, 0.25) is 0 Å². The van der Waals surface area contributed by atoms with E-state index in [4.69, 9.17) is 4.98 Å². The van der Waals surface area contributed by atoms with Crippen LogP contribution in [-0.4, -0.2) is 77.3 Å². The number of nitrogens with one attached hydrogen (secondary N) is 1. The average Bonchev–Trinajstić information content (AvgIpc) is 2.91. The van der Waals surface area contributed by atoms with Crippen molar-refractivity contribution in [3.05, 3.63) is 64.8 Å². The molecule has 35 heavy (non-hydrogen) atoms. The highest BCUT2D eigenvalue weighted by molar-refractivity contribution is 5.55. The first-order chi connectivity index (χ1) is 17.0. The molecule has 0 spiro atoms. The molecule has 0 bridgehead atoms. The van der Waals surface area contributed by atoms with Gasteiger partial charge in [0, 0.05) is 69.8 Å². The van der Waals surface area contributed by atoms with Crippen LogP contribution in [-0.2, 0) is 7.05 Å². The van der Waals surface area contributed by atoms with Crippen molar-refractivity contribution in [3.63, 3.8) is 0 Å². The number of aromatic nitrogens is 4. The van der Waals surface area contributed by atoms with Crippen LogP contribution < -0.4 is 20.7 Å². The molecule has 2 saturated heterocycles. The summed E-state index contributed by atoms with van der Waals surface area (Å²) >= 11 is 0. The van der Waals surface area contributed by atoms with Crippen molar-refractivity contribution in [3.8, 4) is 11.4 Å². The Morgan fingerprint density at radius 3 is 2.46 bits per heavy atom. The van der Waals surface area contributed by atoms with Gasteiger partial charge in [-0.15, -0.1) is 0 Å². The standard InChI is InChI=1S/C26H34N8O/c1-31(2)20-9-13-33(14-10-20)21-6-4-19(5-7-21)24-17-34(15-12-28-24)26-30-23(16-25(35)32(26)3)22-8-11-27-18-29-22/h4-8,11,16,18,20,24,28H,9-10,12-15,17H2,1-3H3. The maximum absolute atomic E-state index is 12.7. The number of piperazine rings is 1. The molecule has 9 heteroatoms. The maximum Gasteiger partial charge on any atom is 0.255 e. The molecule has 0 radical (unpaired) electrons. The van der Waals surface area contributed by atoms with Gasteiger partial charge >= 0.3 is 0 Å². The summed E-state index contributed by atoms with van der Waals surface area (Å²) in [6, 6.07) is 13.1. The van der Waals surface area contributed by atoms with Crippen LogP contribution in [0.4, 0.5) is 11.6 Å². The highest BCUT2D eigenvalue weighted by Gasteiger charge is 2.25. The third kappa shape index (κ3) is 5.06. The van der Waals surface area contributed by atoms with E-state index in [2.05, 4.69) is 68.3 Å². The molecular weight excluding hydrogens is 440 g/mol. The van der Waals surface area contributed by atoms with E-state index in [0.717, 1.165) is 32.7 Å². The predicted molar refractivity (Wildman–Crippen MR) is 139 cm³/mol. The maximum atomic E-state index is 12.7. The summed E-state index contributed by atoms with van der Waals surface area (Å²) in [4.78, 5) is 32.8. The third-order valence-corrected chi connectivity index (χ3v) is 7.27. The van der Waals surface area contributed by atoms with Gasteiger partial charge in [0.1, 0.15) is 6.33 Å². The Kier molecular flexibility index (Phi) is 6.79. The first-order valence-electron chi connectivity index (χ1n) is 12.3. The topological polar surface area (TPSA) is 82.4 Å². The molecule has 1 unspecified atom stereocenters. The average molecular weight is 475 g/mol. The van der Waals surface area contributed by atoms with E-state index in [1.54, 1.807) is 23.9 Å². The van der Waals surface area contributed by atoms with Crippen LogP contribution >= 0.6 is 0 Å². The van der Waals surface area contributed by atoms with Gasteiger partial charge in [0.2, 0.25) is 5.95 Å². The van der Waals surface area contributed by atoms with Crippen LogP contribution in [0.3, 0.4) is 0 Å². The minimum atomic E-state index is -0.0962. The Balaban J connectivity index is 1.31.